The molecule has 1 spiro atoms. The number of hydrogen-bond acceptors (Lipinski definition) is 3. The number of likely N-dealkylation sites (tertiary alicyclic amines) is 1. The highest BCUT2D eigenvalue weighted by atomic mass is 19.1. The van der Waals surface area contributed by atoms with E-state index in [0.717, 1.165) is 11.1 Å². The topological polar surface area (TPSA) is 49.9 Å². The molecule has 2 saturated heterocycles. The van der Waals surface area contributed by atoms with Crippen molar-refractivity contribution in [3.05, 3.63) is 102 Å². The van der Waals surface area contributed by atoms with Gasteiger partial charge in [0, 0.05) is 12.2 Å². The summed E-state index contributed by atoms with van der Waals surface area (Å²) in [5.74, 6) is -0.506. The van der Waals surface area contributed by atoms with E-state index in [0.29, 0.717) is 31.7 Å². The van der Waals surface area contributed by atoms with E-state index < -0.39 is 11.0 Å². The highest BCUT2D eigenvalue weighted by molar-refractivity contribution is 5.95. The standard InChI is InChI=1S/C28H27FN2O3/c1-27(21-8-4-2-5-9-21,22-10-6-3-7-11-22)26(33)30-17-16-28(19-30)20-31(25(32)18-34-28)24-14-12-23(29)13-15-24/h2-15H,16-20H2,1H3/t28-/m1/s1. The molecule has 5 rings (SSSR count). The number of hydrogen-bond donors (Lipinski definition) is 0. The van der Waals surface area contributed by atoms with Crippen LogP contribution in [-0.2, 0) is 19.7 Å². The van der Waals surface area contributed by atoms with Gasteiger partial charge >= 0.3 is 0 Å². The number of carbonyl (C=O) groups excluding carboxylic acids is 2. The first-order valence-electron chi connectivity index (χ1n) is 11.5. The van der Waals surface area contributed by atoms with E-state index in [1.165, 1.54) is 12.1 Å². The van der Waals surface area contributed by atoms with E-state index in [1.807, 2.05) is 72.5 Å². The van der Waals surface area contributed by atoms with Crippen LogP contribution in [0.4, 0.5) is 10.1 Å². The number of carbonyl (C=O) groups is 2. The molecule has 3 aromatic rings. The van der Waals surface area contributed by atoms with Gasteiger partial charge in [-0.25, -0.2) is 4.39 Å². The van der Waals surface area contributed by atoms with Gasteiger partial charge in [-0.15, -0.1) is 0 Å². The predicted molar refractivity (Wildman–Crippen MR) is 128 cm³/mol. The SMILES string of the molecule is CC(C(=O)N1CC[C@@]2(C1)CN(c1ccc(F)cc1)C(=O)CO2)(c1ccccc1)c1ccccc1. The Morgan fingerprint density at radius 3 is 2.09 bits per heavy atom. The summed E-state index contributed by atoms with van der Waals surface area (Å²) in [6.45, 7) is 3.18. The summed E-state index contributed by atoms with van der Waals surface area (Å²) in [6.07, 6.45) is 0.628. The molecular weight excluding hydrogens is 431 g/mol. The highest BCUT2D eigenvalue weighted by Gasteiger charge is 2.50. The minimum atomic E-state index is -0.852. The normalized spacial score (nSPS) is 20.7. The first-order chi connectivity index (χ1) is 16.4. The molecule has 0 aliphatic carbocycles. The zero-order valence-electron chi connectivity index (χ0n) is 19.1. The number of anilines is 1. The van der Waals surface area contributed by atoms with E-state index in [-0.39, 0.29) is 24.2 Å². The highest BCUT2D eigenvalue weighted by Crippen LogP contribution is 2.38. The van der Waals surface area contributed by atoms with Crippen LogP contribution in [0, 0.1) is 5.82 Å². The van der Waals surface area contributed by atoms with E-state index in [2.05, 4.69) is 0 Å². The van der Waals surface area contributed by atoms with Crippen LogP contribution in [0.3, 0.4) is 0 Å². The molecular formula is C28H27FN2O3. The number of rotatable bonds is 4. The summed E-state index contributed by atoms with van der Waals surface area (Å²) in [5, 5.41) is 0. The first-order valence-corrected chi connectivity index (χ1v) is 11.5. The number of amides is 2. The van der Waals surface area contributed by atoms with Gasteiger partial charge in [-0.3, -0.25) is 9.59 Å². The van der Waals surface area contributed by atoms with Crippen LogP contribution in [0.5, 0.6) is 0 Å². The van der Waals surface area contributed by atoms with Crippen LogP contribution in [-0.4, -0.2) is 48.6 Å². The van der Waals surface area contributed by atoms with E-state index in [1.54, 1.807) is 17.0 Å². The molecule has 0 saturated carbocycles. The average Bonchev–Trinajstić information content (AvgIpc) is 3.30. The minimum absolute atomic E-state index is 0.00982. The number of halogens is 1. The summed E-state index contributed by atoms with van der Waals surface area (Å²) in [5.41, 5.74) is 0.999. The Morgan fingerprint density at radius 1 is 0.912 bits per heavy atom. The zero-order chi connectivity index (χ0) is 23.8. The Labute approximate surface area is 198 Å². The molecule has 2 amide bonds. The lowest BCUT2D eigenvalue weighted by Gasteiger charge is -2.40. The van der Waals surface area contributed by atoms with Crippen molar-refractivity contribution < 1.29 is 18.7 Å². The predicted octanol–water partition coefficient (Wildman–Crippen LogP) is 4.17. The van der Waals surface area contributed by atoms with Crippen LogP contribution in [0.25, 0.3) is 0 Å². The van der Waals surface area contributed by atoms with Gasteiger partial charge < -0.3 is 14.5 Å². The van der Waals surface area contributed by atoms with Crippen molar-refractivity contribution in [2.45, 2.75) is 24.4 Å². The summed E-state index contributed by atoms with van der Waals surface area (Å²) >= 11 is 0. The van der Waals surface area contributed by atoms with E-state index >= 15 is 0 Å². The molecule has 34 heavy (non-hydrogen) atoms. The van der Waals surface area contributed by atoms with Crippen LogP contribution in [0.2, 0.25) is 0 Å². The molecule has 2 aliphatic heterocycles. The number of nitrogens with zero attached hydrogens (tertiary/aromatic N) is 2. The molecule has 2 fully saturated rings. The second-order valence-corrected chi connectivity index (χ2v) is 9.26. The Kier molecular flexibility index (Phi) is 5.70. The summed E-state index contributed by atoms with van der Waals surface area (Å²) in [6, 6.07) is 25.5. The van der Waals surface area contributed by atoms with Crippen molar-refractivity contribution in [3.8, 4) is 0 Å². The van der Waals surface area contributed by atoms with Gasteiger partial charge in [-0.05, 0) is 48.7 Å². The van der Waals surface area contributed by atoms with Crippen molar-refractivity contribution in [3.63, 3.8) is 0 Å². The molecule has 3 aromatic carbocycles. The third-order valence-electron chi connectivity index (χ3n) is 7.12. The third kappa shape index (κ3) is 3.88. The minimum Gasteiger partial charge on any atom is -0.361 e. The molecule has 0 N–H and O–H groups in total. The van der Waals surface area contributed by atoms with Gasteiger partial charge in [0.1, 0.15) is 18.0 Å². The molecule has 174 valence electrons. The Bertz CT molecular complexity index is 1140. The monoisotopic (exact) mass is 458 g/mol. The van der Waals surface area contributed by atoms with Crippen LogP contribution in [0.1, 0.15) is 24.5 Å². The molecule has 0 aromatic heterocycles. The van der Waals surface area contributed by atoms with Crippen molar-refractivity contribution in [1.82, 2.24) is 4.90 Å². The van der Waals surface area contributed by atoms with Crippen molar-refractivity contribution >= 4 is 17.5 Å². The zero-order valence-corrected chi connectivity index (χ0v) is 19.1. The van der Waals surface area contributed by atoms with Crippen LogP contribution < -0.4 is 4.90 Å². The van der Waals surface area contributed by atoms with Crippen molar-refractivity contribution in [2.24, 2.45) is 0 Å². The molecule has 1 atom stereocenters. The Balaban J connectivity index is 1.42. The maximum Gasteiger partial charge on any atom is 0.253 e. The first kappa shape index (κ1) is 22.3. The molecule has 6 heteroatoms. The third-order valence-corrected chi connectivity index (χ3v) is 7.12. The van der Waals surface area contributed by atoms with E-state index in [9.17, 15) is 14.0 Å². The lowest BCUT2D eigenvalue weighted by atomic mass is 9.75. The van der Waals surface area contributed by atoms with E-state index in [4.69, 9.17) is 4.74 Å². The largest absolute Gasteiger partial charge is 0.361 e. The molecule has 2 heterocycles. The van der Waals surface area contributed by atoms with Crippen molar-refractivity contribution in [1.29, 1.82) is 0 Å². The fourth-order valence-corrected chi connectivity index (χ4v) is 5.11. The Hall–Kier alpha value is -3.51. The molecule has 0 bridgehead atoms. The maximum absolute atomic E-state index is 14.1. The number of ether oxygens (including phenoxy) is 1. The number of benzene rings is 3. The summed E-state index contributed by atoms with van der Waals surface area (Å²) < 4.78 is 19.5. The van der Waals surface area contributed by atoms with Crippen LogP contribution in [0.15, 0.2) is 84.9 Å². The maximum atomic E-state index is 14.1. The summed E-state index contributed by atoms with van der Waals surface area (Å²) in [4.78, 5) is 30.2. The second kappa shape index (κ2) is 8.69. The van der Waals surface area contributed by atoms with Gasteiger partial charge in [-0.2, -0.15) is 0 Å². The van der Waals surface area contributed by atoms with Gasteiger partial charge in [0.15, 0.2) is 0 Å². The van der Waals surface area contributed by atoms with Gasteiger partial charge in [0.2, 0.25) is 5.91 Å². The Morgan fingerprint density at radius 2 is 1.50 bits per heavy atom. The lowest BCUT2D eigenvalue weighted by molar-refractivity contribution is -0.140. The fourth-order valence-electron chi connectivity index (χ4n) is 5.11. The molecule has 0 unspecified atom stereocenters. The second-order valence-electron chi connectivity index (χ2n) is 9.26. The van der Waals surface area contributed by atoms with Gasteiger partial charge in [-0.1, -0.05) is 60.7 Å². The fraction of sp³-hybridized carbons (Fsp3) is 0.286. The number of morpholine rings is 1. The average molecular weight is 459 g/mol. The summed E-state index contributed by atoms with van der Waals surface area (Å²) in [7, 11) is 0. The molecule has 2 aliphatic rings. The quantitative estimate of drug-likeness (QED) is 0.590. The molecule has 0 radical (unpaired) electrons. The van der Waals surface area contributed by atoms with Gasteiger partial charge in [0.25, 0.3) is 5.91 Å². The molecule has 5 nitrogen and oxygen atoms in total. The smallest absolute Gasteiger partial charge is 0.253 e. The van der Waals surface area contributed by atoms with Gasteiger partial charge in [0.05, 0.1) is 18.5 Å². The lowest BCUT2D eigenvalue weighted by Crippen LogP contribution is -2.57. The van der Waals surface area contributed by atoms with Crippen LogP contribution >= 0.6 is 0 Å². The van der Waals surface area contributed by atoms with Crippen molar-refractivity contribution in [2.75, 3.05) is 31.1 Å².